The maximum absolute atomic E-state index is 12.6. The van der Waals surface area contributed by atoms with Crippen LogP contribution in [0.3, 0.4) is 0 Å². The number of ether oxygens (including phenoxy) is 1. The molecule has 3 aliphatic rings. The fourth-order valence-electron chi connectivity index (χ4n) is 4.96. The zero-order chi connectivity index (χ0) is 21.5. The van der Waals surface area contributed by atoms with E-state index >= 15 is 0 Å². The lowest BCUT2D eigenvalue weighted by Crippen LogP contribution is -2.39. The molecule has 1 aromatic heterocycles. The fourth-order valence-corrected chi connectivity index (χ4v) is 5.80. The lowest BCUT2D eigenvalue weighted by molar-refractivity contribution is -0.141. The van der Waals surface area contributed by atoms with Gasteiger partial charge in [-0.2, -0.15) is 0 Å². The van der Waals surface area contributed by atoms with E-state index in [9.17, 15) is 4.79 Å². The third-order valence-electron chi connectivity index (χ3n) is 6.54. The summed E-state index contributed by atoms with van der Waals surface area (Å²) in [5, 5.41) is 4.40. The van der Waals surface area contributed by atoms with Gasteiger partial charge in [0.05, 0.1) is 10.2 Å². The molecule has 0 bridgehead atoms. The van der Waals surface area contributed by atoms with Crippen LogP contribution in [0.25, 0.3) is 10.2 Å². The van der Waals surface area contributed by atoms with E-state index in [4.69, 9.17) is 9.57 Å². The van der Waals surface area contributed by atoms with Gasteiger partial charge in [-0.1, -0.05) is 40.8 Å². The molecule has 1 amide bonds. The first-order valence-corrected chi connectivity index (χ1v) is 11.8. The second kappa shape index (κ2) is 8.18. The number of hydrogen-bond donors (Lipinski definition) is 0. The Morgan fingerprint density at radius 2 is 1.84 bits per heavy atom. The van der Waals surface area contributed by atoms with Gasteiger partial charge in [0.15, 0.2) is 0 Å². The van der Waals surface area contributed by atoms with Crippen molar-refractivity contribution in [2.75, 3.05) is 26.2 Å². The number of benzene rings is 2. The van der Waals surface area contributed by atoms with Crippen LogP contribution in [-0.4, -0.2) is 59.2 Å². The van der Waals surface area contributed by atoms with Gasteiger partial charge in [0.1, 0.15) is 5.75 Å². The zero-order valence-electron chi connectivity index (χ0n) is 17.6. The second-order valence-electron chi connectivity index (χ2n) is 8.77. The molecule has 0 N–H and O–H groups in total. The van der Waals surface area contributed by atoms with Crippen molar-refractivity contribution in [3.63, 3.8) is 0 Å². The maximum Gasteiger partial charge on any atom is 0.279 e. The summed E-state index contributed by atoms with van der Waals surface area (Å²) in [6, 6.07) is 16.3. The summed E-state index contributed by atoms with van der Waals surface area (Å²) in [5.74, 6) is 1.98. The number of fused-ring (bicyclic) bond motifs is 2. The minimum Gasteiger partial charge on any atom is -0.431 e. The Balaban J connectivity index is 1.02. The number of carbonyl (C=O) groups excluding carboxylic acids is 1. The molecular weight excluding hydrogens is 424 g/mol. The zero-order valence-corrected chi connectivity index (χ0v) is 18.4. The molecule has 2 fully saturated rings. The van der Waals surface area contributed by atoms with Crippen molar-refractivity contribution in [2.45, 2.75) is 19.1 Å². The Labute approximate surface area is 190 Å². The number of nitrogens with zero attached hydrogens (tertiary/aromatic N) is 4. The Morgan fingerprint density at radius 1 is 1.06 bits per heavy atom. The number of carbonyl (C=O) groups is 1. The van der Waals surface area contributed by atoms with Crippen LogP contribution in [0.2, 0.25) is 0 Å². The minimum absolute atomic E-state index is 0.0900. The summed E-state index contributed by atoms with van der Waals surface area (Å²) in [6.07, 6.45) is 1.86. The number of rotatable bonds is 5. The number of likely N-dealkylation sites (tertiary alicyclic amines) is 2. The smallest absolute Gasteiger partial charge is 0.279 e. The van der Waals surface area contributed by atoms with Crippen LogP contribution in [0.4, 0.5) is 0 Å². The molecule has 7 nitrogen and oxygen atoms in total. The monoisotopic (exact) mass is 448 g/mol. The Morgan fingerprint density at radius 3 is 2.56 bits per heavy atom. The molecule has 8 heteroatoms. The van der Waals surface area contributed by atoms with E-state index in [1.54, 1.807) is 17.6 Å². The van der Waals surface area contributed by atoms with Crippen LogP contribution >= 0.6 is 11.3 Å². The lowest BCUT2D eigenvalue weighted by Gasteiger charge is -2.23. The van der Waals surface area contributed by atoms with E-state index in [1.807, 2.05) is 35.2 Å². The third-order valence-corrected chi connectivity index (χ3v) is 7.45. The predicted molar refractivity (Wildman–Crippen MR) is 123 cm³/mol. The van der Waals surface area contributed by atoms with Crippen LogP contribution < -0.4 is 4.74 Å². The molecule has 0 saturated carbocycles. The maximum atomic E-state index is 12.6. The molecule has 3 aromatic rings. The standard InChI is InChI=1S/C24H24N4O3S/c29-23(21-9-10-25-31-21)28-14-17-12-27(13-18(17)15-28)11-16-5-7-19(8-6-16)30-24-26-20-3-1-2-4-22(20)32-24/h1-8,10,17-18,21H,9,11-15H2. The summed E-state index contributed by atoms with van der Waals surface area (Å²) >= 11 is 1.56. The molecule has 3 atom stereocenters. The minimum atomic E-state index is -0.409. The normalized spacial score (nSPS) is 24.8. The summed E-state index contributed by atoms with van der Waals surface area (Å²) in [6.45, 7) is 4.63. The molecule has 2 saturated heterocycles. The van der Waals surface area contributed by atoms with E-state index < -0.39 is 6.10 Å². The number of hydrogen-bond acceptors (Lipinski definition) is 7. The average Bonchev–Trinajstić information content (AvgIpc) is 3.58. The van der Waals surface area contributed by atoms with Gasteiger partial charge in [-0.25, -0.2) is 4.98 Å². The van der Waals surface area contributed by atoms with Crippen molar-refractivity contribution in [1.29, 1.82) is 0 Å². The van der Waals surface area contributed by atoms with Gasteiger partial charge in [0.25, 0.3) is 11.1 Å². The van der Waals surface area contributed by atoms with E-state index in [1.165, 1.54) is 5.56 Å². The van der Waals surface area contributed by atoms with Crippen molar-refractivity contribution in [2.24, 2.45) is 17.0 Å². The van der Waals surface area contributed by atoms with E-state index in [-0.39, 0.29) is 5.91 Å². The molecule has 3 aliphatic heterocycles. The van der Waals surface area contributed by atoms with E-state index in [0.29, 0.717) is 23.5 Å². The molecule has 0 aliphatic carbocycles. The van der Waals surface area contributed by atoms with Gasteiger partial charge in [-0.15, -0.1) is 0 Å². The Hall–Kier alpha value is -2.97. The number of oxime groups is 1. The summed E-state index contributed by atoms with van der Waals surface area (Å²) in [7, 11) is 0. The Bertz CT molecular complexity index is 1110. The highest BCUT2D eigenvalue weighted by Gasteiger charge is 2.43. The predicted octanol–water partition coefficient (Wildman–Crippen LogP) is 3.75. The first-order chi connectivity index (χ1) is 15.7. The summed E-state index contributed by atoms with van der Waals surface area (Å²) < 4.78 is 7.09. The molecular formula is C24H24N4O3S. The summed E-state index contributed by atoms with van der Waals surface area (Å²) in [4.78, 5) is 26.7. The average molecular weight is 449 g/mol. The van der Waals surface area contributed by atoms with Crippen molar-refractivity contribution in [3.05, 3.63) is 54.1 Å². The van der Waals surface area contributed by atoms with Crippen LogP contribution in [0, 0.1) is 11.8 Å². The van der Waals surface area contributed by atoms with E-state index in [2.05, 4.69) is 33.2 Å². The highest BCUT2D eigenvalue weighted by atomic mass is 32.1. The lowest BCUT2D eigenvalue weighted by atomic mass is 10.0. The Kier molecular flexibility index (Phi) is 5.04. The van der Waals surface area contributed by atoms with Gasteiger partial charge in [-0.3, -0.25) is 9.69 Å². The van der Waals surface area contributed by atoms with Gasteiger partial charge in [0, 0.05) is 45.4 Å². The summed E-state index contributed by atoms with van der Waals surface area (Å²) in [5.41, 5.74) is 2.24. The van der Waals surface area contributed by atoms with Crippen molar-refractivity contribution in [3.8, 4) is 10.9 Å². The van der Waals surface area contributed by atoms with Gasteiger partial charge >= 0.3 is 0 Å². The van der Waals surface area contributed by atoms with Gasteiger partial charge in [-0.05, 0) is 41.7 Å². The number of amides is 1. The molecule has 0 radical (unpaired) electrons. The fraction of sp³-hybridized carbons (Fsp3) is 0.375. The van der Waals surface area contributed by atoms with Crippen molar-refractivity contribution >= 4 is 33.7 Å². The molecule has 3 unspecified atom stereocenters. The van der Waals surface area contributed by atoms with Crippen molar-refractivity contribution < 1.29 is 14.4 Å². The van der Waals surface area contributed by atoms with Crippen LogP contribution in [0.15, 0.2) is 53.7 Å². The number of aromatic nitrogens is 1. The van der Waals surface area contributed by atoms with Crippen molar-refractivity contribution in [1.82, 2.24) is 14.8 Å². The molecule has 32 heavy (non-hydrogen) atoms. The highest BCUT2D eigenvalue weighted by molar-refractivity contribution is 7.20. The molecule has 0 spiro atoms. The van der Waals surface area contributed by atoms with Gasteiger partial charge in [0.2, 0.25) is 6.10 Å². The molecule has 164 valence electrons. The second-order valence-corrected chi connectivity index (χ2v) is 9.76. The largest absolute Gasteiger partial charge is 0.431 e. The number of thiazole rings is 1. The first kappa shape index (κ1) is 19.7. The van der Waals surface area contributed by atoms with E-state index in [0.717, 1.165) is 48.7 Å². The molecule has 6 rings (SSSR count). The van der Waals surface area contributed by atoms with Crippen LogP contribution in [0.1, 0.15) is 12.0 Å². The highest BCUT2D eigenvalue weighted by Crippen LogP contribution is 2.34. The first-order valence-electron chi connectivity index (χ1n) is 11.0. The third kappa shape index (κ3) is 3.84. The quantitative estimate of drug-likeness (QED) is 0.595. The van der Waals surface area contributed by atoms with Crippen LogP contribution in [-0.2, 0) is 16.2 Å². The van der Waals surface area contributed by atoms with Gasteiger partial charge < -0.3 is 14.5 Å². The number of para-hydroxylation sites is 1. The molecule has 4 heterocycles. The van der Waals surface area contributed by atoms with Crippen LogP contribution in [0.5, 0.6) is 10.9 Å². The SMILES string of the molecule is O=C(C1CC=NO1)N1CC2CN(Cc3ccc(Oc4nc5ccccc5s4)cc3)CC2C1. The molecule has 2 aromatic carbocycles. The topological polar surface area (TPSA) is 67.3 Å².